The minimum Gasteiger partial charge on any atom is -0.481 e. The van der Waals surface area contributed by atoms with Gasteiger partial charge in [-0.3, -0.25) is 14.4 Å². The monoisotopic (exact) mass is 332 g/mol. The fourth-order valence-electron chi connectivity index (χ4n) is 3.06. The number of carbonyl (C=O) groups is 3. The van der Waals surface area contributed by atoms with Gasteiger partial charge in [0, 0.05) is 31.3 Å². The lowest BCUT2D eigenvalue weighted by Gasteiger charge is -2.26. The number of nitrogens with zero attached hydrogens (tertiary/aromatic N) is 1. The molecule has 0 aliphatic carbocycles. The van der Waals surface area contributed by atoms with Crippen LogP contribution in [0.5, 0.6) is 0 Å². The van der Waals surface area contributed by atoms with Crippen LogP contribution in [0.25, 0.3) is 0 Å². The van der Waals surface area contributed by atoms with Crippen LogP contribution in [-0.2, 0) is 16.0 Å². The summed E-state index contributed by atoms with van der Waals surface area (Å²) in [6.07, 6.45) is 1.49. The molecule has 0 aromatic heterocycles. The van der Waals surface area contributed by atoms with Gasteiger partial charge in [-0.2, -0.15) is 0 Å². The van der Waals surface area contributed by atoms with Crippen LogP contribution in [0.4, 0.5) is 5.69 Å². The molecule has 0 unspecified atom stereocenters. The number of carbonyl (C=O) groups excluding carboxylic acids is 2. The van der Waals surface area contributed by atoms with Gasteiger partial charge >= 0.3 is 5.97 Å². The second kappa shape index (κ2) is 7.03. The van der Waals surface area contributed by atoms with Gasteiger partial charge in [0.1, 0.15) is 0 Å². The fraction of sp³-hybridized carbons (Fsp3) is 0.500. The molecule has 130 valence electrons. The van der Waals surface area contributed by atoms with E-state index in [0.29, 0.717) is 30.6 Å². The molecule has 1 aromatic carbocycles. The molecule has 0 radical (unpaired) electrons. The average molecular weight is 332 g/mol. The average Bonchev–Trinajstić information content (AvgIpc) is 2.56. The van der Waals surface area contributed by atoms with Crippen LogP contribution in [-0.4, -0.2) is 41.4 Å². The van der Waals surface area contributed by atoms with Crippen molar-refractivity contribution in [2.45, 2.75) is 39.5 Å². The number of hydrogen-bond donors (Lipinski definition) is 2. The van der Waals surface area contributed by atoms with Crippen molar-refractivity contribution < 1.29 is 19.5 Å². The lowest BCUT2D eigenvalue weighted by molar-refractivity contribution is -0.151. The molecule has 0 fully saturated rings. The molecule has 6 heteroatoms. The van der Waals surface area contributed by atoms with Gasteiger partial charge in [-0.05, 0) is 37.0 Å². The highest BCUT2D eigenvalue weighted by Gasteiger charge is 2.37. The normalized spacial score (nSPS) is 14.3. The predicted molar refractivity (Wildman–Crippen MR) is 91.0 cm³/mol. The topological polar surface area (TPSA) is 86.7 Å². The predicted octanol–water partition coefficient (Wildman–Crippen LogP) is 2.53. The highest BCUT2D eigenvalue weighted by Crippen LogP contribution is 2.31. The largest absolute Gasteiger partial charge is 0.481 e. The standard InChI is InChI=1S/C18H24N2O4/c1-4-18(5-2,17(23)24)11-15(21)19-13-7-6-12-8-9-20(3)16(22)14(12)10-13/h6-7,10H,4-5,8-9,11H2,1-3H3,(H,19,21)(H,23,24). The Morgan fingerprint density at radius 2 is 1.96 bits per heavy atom. The van der Waals surface area contributed by atoms with Crippen LogP contribution in [0.1, 0.15) is 49.0 Å². The summed E-state index contributed by atoms with van der Waals surface area (Å²) < 4.78 is 0. The molecule has 1 aromatic rings. The number of benzene rings is 1. The molecule has 1 aliphatic rings. The van der Waals surface area contributed by atoms with Gasteiger partial charge < -0.3 is 15.3 Å². The summed E-state index contributed by atoms with van der Waals surface area (Å²) in [7, 11) is 1.75. The van der Waals surface area contributed by atoms with Crippen LogP contribution >= 0.6 is 0 Å². The van der Waals surface area contributed by atoms with E-state index in [9.17, 15) is 19.5 Å². The SMILES string of the molecule is CCC(CC)(CC(=O)Nc1ccc2c(c1)C(=O)N(C)CC2)C(=O)O. The first-order valence-corrected chi connectivity index (χ1v) is 8.24. The van der Waals surface area contributed by atoms with Crippen molar-refractivity contribution in [3.63, 3.8) is 0 Å². The molecule has 0 saturated heterocycles. The van der Waals surface area contributed by atoms with E-state index in [4.69, 9.17) is 0 Å². The summed E-state index contributed by atoms with van der Waals surface area (Å²) in [5.74, 6) is -1.36. The Bertz CT molecular complexity index is 665. The Morgan fingerprint density at radius 3 is 2.54 bits per heavy atom. The van der Waals surface area contributed by atoms with Crippen molar-refractivity contribution in [3.05, 3.63) is 29.3 Å². The van der Waals surface area contributed by atoms with Crippen LogP contribution in [0, 0.1) is 5.41 Å². The third-order valence-corrected chi connectivity index (χ3v) is 4.99. The number of likely N-dealkylation sites (N-methyl/N-ethyl adjacent to an activating group) is 1. The maximum Gasteiger partial charge on any atom is 0.310 e. The van der Waals surface area contributed by atoms with E-state index in [-0.39, 0.29) is 18.2 Å². The first-order valence-electron chi connectivity index (χ1n) is 8.24. The van der Waals surface area contributed by atoms with Gasteiger partial charge in [-0.25, -0.2) is 0 Å². The summed E-state index contributed by atoms with van der Waals surface area (Å²) in [6.45, 7) is 4.24. The Hall–Kier alpha value is -2.37. The van der Waals surface area contributed by atoms with Crippen LogP contribution < -0.4 is 5.32 Å². The number of fused-ring (bicyclic) bond motifs is 1. The molecule has 2 N–H and O–H groups in total. The lowest BCUT2D eigenvalue weighted by Crippen LogP contribution is -2.35. The molecule has 1 heterocycles. The van der Waals surface area contributed by atoms with Gasteiger partial charge in [-0.15, -0.1) is 0 Å². The molecule has 0 bridgehead atoms. The van der Waals surface area contributed by atoms with Crippen molar-refractivity contribution in [2.24, 2.45) is 5.41 Å². The van der Waals surface area contributed by atoms with E-state index in [1.165, 1.54) is 0 Å². The number of carboxylic acid groups (broad SMARTS) is 1. The number of rotatable bonds is 6. The molecular weight excluding hydrogens is 308 g/mol. The number of hydrogen-bond acceptors (Lipinski definition) is 3. The summed E-state index contributed by atoms with van der Waals surface area (Å²) in [6, 6.07) is 5.28. The van der Waals surface area contributed by atoms with Gasteiger partial charge in [0.25, 0.3) is 5.91 Å². The molecule has 24 heavy (non-hydrogen) atoms. The number of carboxylic acids is 1. The number of aliphatic carboxylic acids is 1. The highest BCUT2D eigenvalue weighted by atomic mass is 16.4. The molecule has 0 saturated carbocycles. The molecule has 1 aliphatic heterocycles. The molecule has 2 amide bonds. The first-order chi connectivity index (χ1) is 11.3. The minimum absolute atomic E-state index is 0.0608. The second-order valence-corrected chi connectivity index (χ2v) is 6.37. The summed E-state index contributed by atoms with van der Waals surface area (Å²) in [5, 5.41) is 12.2. The first kappa shape index (κ1) is 18.0. The van der Waals surface area contributed by atoms with Crippen LogP contribution in [0.15, 0.2) is 18.2 Å². The lowest BCUT2D eigenvalue weighted by atomic mass is 9.79. The molecule has 0 spiro atoms. The summed E-state index contributed by atoms with van der Waals surface area (Å²) >= 11 is 0. The maximum absolute atomic E-state index is 12.3. The Balaban J connectivity index is 2.15. The zero-order valence-electron chi connectivity index (χ0n) is 14.4. The maximum atomic E-state index is 12.3. The smallest absolute Gasteiger partial charge is 0.310 e. The van der Waals surface area contributed by atoms with E-state index in [1.54, 1.807) is 37.9 Å². The number of nitrogens with one attached hydrogen (secondary N) is 1. The van der Waals surface area contributed by atoms with Gasteiger partial charge in [0.15, 0.2) is 0 Å². The van der Waals surface area contributed by atoms with Crippen molar-refractivity contribution in [3.8, 4) is 0 Å². The molecule has 6 nitrogen and oxygen atoms in total. The third kappa shape index (κ3) is 3.42. The molecule has 0 atom stereocenters. The van der Waals surface area contributed by atoms with Crippen molar-refractivity contribution in [1.82, 2.24) is 4.90 Å². The quantitative estimate of drug-likeness (QED) is 0.838. The Morgan fingerprint density at radius 1 is 1.29 bits per heavy atom. The van der Waals surface area contributed by atoms with Crippen molar-refractivity contribution in [2.75, 3.05) is 18.9 Å². The fourth-order valence-corrected chi connectivity index (χ4v) is 3.06. The van der Waals surface area contributed by atoms with E-state index in [0.717, 1.165) is 12.0 Å². The Kier molecular flexibility index (Phi) is 5.26. The zero-order chi connectivity index (χ0) is 17.9. The summed E-state index contributed by atoms with van der Waals surface area (Å²) in [5.41, 5.74) is 1.04. The highest BCUT2D eigenvalue weighted by molar-refractivity contribution is 5.99. The summed E-state index contributed by atoms with van der Waals surface area (Å²) in [4.78, 5) is 37.7. The van der Waals surface area contributed by atoms with Gasteiger partial charge in [0.2, 0.25) is 5.91 Å². The van der Waals surface area contributed by atoms with E-state index in [2.05, 4.69) is 5.32 Å². The Labute approximate surface area is 141 Å². The number of anilines is 1. The van der Waals surface area contributed by atoms with Crippen molar-refractivity contribution in [1.29, 1.82) is 0 Å². The van der Waals surface area contributed by atoms with Crippen LogP contribution in [0.2, 0.25) is 0 Å². The molecular formula is C18H24N2O4. The van der Waals surface area contributed by atoms with E-state index < -0.39 is 11.4 Å². The van der Waals surface area contributed by atoms with E-state index >= 15 is 0 Å². The van der Waals surface area contributed by atoms with Gasteiger partial charge in [0.05, 0.1) is 5.41 Å². The molecule has 2 rings (SSSR count). The number of amides is 2. The minimum atomic E-state index is -1.05. The second-order valence-electron chi connectivity index (χ2n) is 6.37. The third-order valence-electron chi connectivity index (χ3n) is 4.99. The van der Waals surface area contributed by atoms with E-state index in [1.807, 2.05) is 6.07 Å². The van der Waals surface area contributed by atoms with Gasteiger partial charge in [-0.1, -0.05) is 19.9 Å². The van der Waals surface area contributed by atoms with Crippen LogP contribution in [0.3, 0.4) is 0 Å². The zero-order valence-corrected chi connectivity index (χ0v) is 14.4. The van der Waals surface area contributed by atoms with Crippen molar-refractivity contribution >= 4 is 23.5 Å².